The van der Waals surface area contributed by atoms with E-state index in [9.17, 15) is 9.90 Å². The Morgan fingerprint density at radius 3 is 2.17 bits per heavy atom. The van der Waals surface area contributed by atoms with E-state index in [4.69, 9.17) is 32.8 Å². The van der Waals surface area contributed by atoms with Crippen molar-refractivity contribution in [2.75, 3.05) is 20.3 Å². The average Bonchev–Trinajstić information content (AvgIpc) is 3.75. The van der Waals surface area contributed by atoms with Crippen LogP contribution >= 0.6 is 0 Å². The highest BCUT2D eigenvalue weighted by Gasteiger charge is 2.60. The summed E-state index contributed by atoms with van der Waals surface area (Å²) in [7, 11) is -0.360. The third-order valence-electron chi connectivity index (χ3n) is 11.6. The summed E-state index contributed by atoms with van der Waals surface area (Å²) in [6.07, 6.45) is 0.214. The lowest BCUT2D eigenvalue weighted by atomic mass is 9.80. The molecule has 0 saturated carbocycles. The summed E-state index contributed by atoms with van der Waals surface area (Å²) in [5, 5.41) is 12.1. The van der Waals surface area contributed by atoms with Gasteiger partial charge >= 0.3 is 5.97 Å². The predicted octanol–water partition coefficient (Wildman–Crippen LogP) is 5.22. The zero-order chi connectivity index (χ0) is 31.1. The molecule has 244 valence electrons. The lowest BCUT2D eigenvalue weighted by Gasteiger charge is -2.41. The Labute approximate surface area is 254 Å². The largest absolute Gasteiger partial charge is 0.457 e. The summed E-state index contributed by atoms with van der Waals surface area (Å²) in [6.45, 7) is 20.1. The number of carbonyl (C=O) groups is 1. The van der Waals surface area contributed by atoms with Gasteiger partial charge in [0.2, 0.25) is 0 Å². The molecular formula is C32H58O9Si. The van der Waals surface area contributed by atoms with Crippen molar-refractivity contribution in [2.24, 2.45) is 17.8 Å². The maximum absolute atomic E-state index is 12.1. The second-order valence-corrected chi connectivity index (χ2v) is 18.7. The SMILES string of the molecule is CC[Si](CC)(CC)O[C@@H]1[C@H](C)[C@H]([C@]2(C)CC[C@H]([C@]3(C)CCC(=O)O3)O2)O[C@H]1[C@H](O)[C@@H](C)[C@H](OC)[C@@H](C)C1(C)OCCO1. The molecule has 4 aliphatic rings. The molecule has 4 saturated heterocycles. The molecule has 0 aromatic heterocycles. The number of cyclic esters (lactones) is 1. The van der Waals surface area contributed by atoms with Gasteiger partial charge in [0.25, 0.3) is 0 Å². The van der Waals surface area contributed by atoms with Crippen molar-refractivity contribution in [3.63, 3.8) is 0 Å². The van der Waals surface area contributed by atoms with Gasteiger partial charge in [0.1, 0.15) is 11.7 Å². The Balaban J connectivity index is 1.60. The second-order valence-electron chi connectivity index (χ2n) is 14.0. The Morgan fingerprint density at radius 2 is 1.64 bits per heavy atom. The zero-order valence-electron chi connectivity index (χ0n) is 27.8. The fourth-order valence-electron chi connectivity index (χ4n) is 8.18. The van der Waals surface area contributed by atoms with E-state index >= 15 is 0 Å². The van der Waals surface area contributed by atoms with E-state index < -0.39 is 37.5 Å². The van der Waals surface area contributed by atoms with E-state index in [1.54, 1.807) is 7.11 Å². The van der Waals surface area contributed by atoms with Crippen LogP contribution in [-0.2, 0) is 37.6 Å². The van der Waals surface area contributed by atoms with E-state index in [-0.39, 0.29) is 48.1 Å². The van der Waals surface area contributed by atoms with Crippen LogP contribution in [-0.4, -0.2) is 93.3 Å². The van der Waals surface area contributed by atoms with Crippen molar-refractivity contribution < 1.29 is 42.7 Å². The molecule has 42 heavy (non-hydrogen) atoms. The molecule has 11 atom stereocenters. The van der Waals surface area contributed by atoms with Crippen LogP contribution in [0.25, 0.3) is 0 Å². The molecule has 0 amide bonds. The Morgan fingerprint density at radius 1 is 1.02 bits per heavy atom. The molecular weight excluding hydrogens is 556 g/mol. The summed E-state index contributed by atoms with van der Waals surface area (Å²) < 4.78 is 44.6. The minimum Gasteiger partial charge on any atom is -0.457 e. The molecule has 0 aliphatic carbocycles. The highest BCUT2D eigenvalue weighted by molar-refractivity contribution is 6.73. The molecule has 0 aromatic carbocycles. The van der Waals surface area contributed by atoms with Gasteiger partial charge in [-0.05, 0) is 58.2 Å². The maximum Gasteiger partial charge on any atom is 0.306 e. The third-order valence-corrected chi connectivity index (χ3v) is 16.2. The monoisotopic (exact) mass is 614 g/mol. The minimum atomic E-state index is -2.05. The molecule has 0 spiro atoms. The van der Waals surface area contributed by atoms with Gasteiger partial charge in [-0.2, -0.15) is 0 Å². The molecule has 0 unspecified atom stereocenters. The van der Waals surface area contributed by atoms with Crippen LogP contribution in [0.4, 0.5) is 0 Å². The van der Waals surface area contributed by atoms with Crippen LogP contribution in [0, 0.1) is 17.8 Å². The number of ether oxygens (including phenoxy) is 6. The Hall–Kier alpha value is -0.593. The average molecular weight is 615 g/mol. The van der Waals surface area contributed by atoms with Gasteiger partial charge in [0, 0.05) is 31.3 Å². The quantitative estimate of drug-likeness (QED) is 0.221. The lowest BCUT2D eigenvalue weighted by Crippen LogP contribution is -2.53. The lowest BCUT2D eigenvalue weighted by molar-refractivity contribution is -0.219. The number of methoxy groups -OCH3 is 1. The third kappa shape index (κ3) is 6.25. The van der Waals surface area contributed by atoms with Crippen LogP contribution < -0.4 is 0 Å². The first-order valence-corrected chi connectivity index (χ1v) is 19.0. The topological polar surface area (TPSA) is 102 Å². The Bertz CT molecular complexity index is 915. The molecule has 4 rings (SSSR count). The highest BCUT2D eigenvalue weighted by Crippen LogP contribution is 2.49. The highest BCUT2D eigenvalue weighted by atomic mass is 28.4. The first-order valence-electron chi connectivity index (χ1n) is 16.4. The first kappa shape index (κ1) is 34.3. The van der Waals surface area contributed by atoms with E-state index in [2.05, 4.69) is 41.5 Å². The van der Waals surface area contributed by atoms with Crippen LogP contribution in [0.15, 0.2) is 0 Å². The molecule has 9 nitrogen and oxygen atoms in total. The summed E-state index contributed by atoms with van der Waals surface area (Å²) in [4.78, 5) is 12.0. The normalized spacial score (nSPS) is 39.8. The molecule has 4 heterocycles. The van der Waals surface area contributed by atoms with Gasteiger partial charge in [0.15, 0.2) is 14.1 Å². The van der Waals surface area contributed by atoms with Crippen molar-refractivity contribution >= 4 is 14.3 Å². The van der Waals surface area contributed by atoms with Gasteiger partial charge in [-0.1, -0.05) is 41.5 Å². The fraction of sp³-hybridized carbons (Fsp3) is 0.969. The molecule has 0 radical (unpaired) electrons. The number of hydrogen-bond acceptors (Lipinski definition) is 9. The Kier molecular flexibility index (Phi) is 10.6. The smallest absolute Gasteiger partial charge is 0.306 e. The first-order chi connectivity index (χ1) is 19.7. The molecule has 1 N–H and O–H groups in total. The van der Waals surface area contributed by atoms with E-state index in [0.29, 0.717) is 26.1 Å². The second kappa shape index (κ2) is 13.0. The van der Waals surface area contributed by atoms with E-state index in [1.807, 2.05) is 20.8 Å². The van der Waals surface area contributed by atoms with Gasteiger partial charge < -0.3 is 38.0 Å². The van der Waals surface area contributed by atoms with Crippen LogP contribution in [0.3, 0.4) is 0 Å². The van der Waals surface area contributed by atoms with Crippen LogP contribution in [0.5, 0.6) is 0 Å². The molecule has 0 bridgehead atoms. The van der Waals surface area contributed by atoms with Gasteiger partial charge in [-0.25, -0.2) is 0 Å². The van der Waals surface area contributed by atoms with E-state index in [1.165, 1.54) is 0 Å². The van der Waals surface area contributed by atoms with E-state index in [0.717, 1.165) is 31.0 Å². The minimum absolute atomic E-state index is 0.00602. The van der Waals surface area contributed by atoms with Crippen molar-refractivity contribution in [1.29, 1.82) is 0 Å². The van der Waals surface area contributed by atoms with Gasteiger partial charge in [-0.15, -0.1) is 0 Å². The summed E-state index contributed by atoms with van der Waals surface area (Å²) in [6, 6.07) is 3.03. The molecule has 4 aliphatic heterocycles. The zero-order valence-corrected chi connectivity index (χ0v) is 28.8. The van der Waals surface area contributed by atoms with Crippen molar-refractivity contribution in [3.8, 4) is 0 Å². The maximum atomic E-state index is 12.1. The predicted molar refractivity (Wildman–Crippen MR) is 162 cm³/mol. The molecule has 0 aromatic rings. The molecule has 10 heteroatoms. The summed E-state index contributed by atoms with van der Waals surface area (Å²) in [5.41, 5.74) is -1.21. The van der Waals surface area contributed by atoms with Gasteiger partial charge in [0.05, 0.1) is 49.3 Å². The van der Waals surface area contributed by atoms with Crippen molar-refractivity contribution in [3.05, 3.63) is 0 Å². The van der Waals surface area contributed by atoms with Crippen LogP contribution in [0.1, 0.15) is 88.0 Å². The van der Waals surface area contributed by atoms with Crippen molar-refractivity contribution in [1.82, 2.24) is 0 Å². The standard InChI is InChI=1S/C32H58O9Si/c1-11-42(12-2,13-3)41-27-21(5)29(31(8)16-14-23(39-31)30(7)17-15-24(33)40-30)38-28(27)25(34)20(4)26(35-10)22(6)32(9)36-18-19-37-32/h20-23,25-29,34H,11-19H2,1-10H3/t20-,21+,22-,23-,25-,26+,27-,28+,29-,30+,31+/m1/s1. The summed E-state index contributed by atoms with van der Waals surface area (Å²) in [5.74, 6) is -1.33. The number of aliphatic hydroxyl groups excluding tert-OH is 1. The number of rotatable bonds is 13. The fourth-order valence-corrected chi connectivity index (χ4v) is 11.1. The summed E-state index contributed by atoms with van der Waals surface area (Å²) >= 11 is 0. The van der Waals surface area contributed by atoms with Crippen molar-refractivity contribution in [2.45, 2.75) is 160 Å². The number of carbonyl (C=O) groups excluding carboxylic acids is 1. The molecule has 4 fully saturated rings. The van der Waals surface area contributed by atoms with Gasteiger partial charge in [-0.3, -0.25) is 4.79 Å². The van der Waals surface area contributed by atoms with Crippen LogP contribution in [0.2, 0.25) is 18.1 Å². The number of esters is 1. The number of aliphatic hydroxyl groups is 1. The number of hydrogen-bond donors (Lipinski definition) is 1.